The Hall–Kier alpha value is -1.88. The number of carbonyl (C=O) groups is 1. The first-order valence-electron chi connectivity index (χ1n) is 7.08. The van der Waals surface area contributed by atoms with Crippen molar-refractivity contribution in [1.82, 2.24) is 14.9 Å². The minimum atomic E-state index is 0.154. The number of rotatable bonds is 4. The molecule has 1 atom stereocenters. The van der Waals surface area contributed by atoms with Crippen LogP contribution in [0.1, 0.15) is 18.7 Å². The number of likely N-dealkylation sites (tertiary alicyclic amines) is 1. The van der Waals surface area contributed by atoms with Crippen molar-refractivity contribution >= 4 is 16.9 Å². The van der Waals surface area contributed by atoms with Crippen LogP contribution >= 0.6 is 0 Å². The van der Waals surface area contributed by atoms with Gasteiger partial charge in [-0.1, -0.05) is 12.1 Å². The summed E-state index contributed by atoms with van der Waals surface area (Å²) in [5, 5.41) is 9.10. The molecule has 5 nitrogen and oxygen atoms in total. The van der Waals surface area contributed by atoms with Crippen molar-refractivity contribution in [1.29, 1.82) is 0 Å². The minimum Gasteiger partial charge on any atom is -0.396 e. The smallest absolute Gasteiger partial charge is 0.223 e. The maximum atomic E-state index is 12.1. The van der Waals surface area contributed by atoms with E-state index in [1.807, 2.05) is 29.2 Å². The van der Waals surface area contributed by atoms with Crippen LogP contribution < -0.4 is 0 Å². The lowest BCUT2D eigenvalue weighted by atomic mass is 10.1. The van der Waals surface area contributed by atoms with Gasteiger partial charge < -0.3 is 15.0 Å². The van der Waals surface area contributed by atoms with Gasteiger partial charge in [-0.25, -0.2) is 4.98 Å². The number of aliphatic hydroxyl groups excluding tert-OH is 1. The number of aryl methyl sites for hydroxylation is 1. The predicted molar refractivity (Wildman–Crippen MR) is 76.2 cm³/mol. The molecule has 2 heterocycles. The molecular weight excluding hydrogens is 254 g/mol. The molecule has 0 radical (unpaired) electrons. The van der Waals surface area contributed by atoms with E-state index in [1.54, 1.807) is 0 Å². The number of fused-ring (bicyclic) bond motifs is 1. The van der Waals surface area contributed by atoms with Crippen LogP contribution in [0.25, 0.3) is 11.0 Å². The van der Waals surface area contributed by atoms with E-state index in [0.717, 1.165) is 29.8 Å². The highest BCUT2D eigenvalue weighted by Gasteiger charge is 2.25. The highest BCUT2D eigenvalue weighted by molar-refractivity contribution is 5.77. The van der Waals surface area contributed by atoms with E-state index in [4.69, 9.17) is 5.11 Å². The fourth-order valence-corrected chi connectivity index (χ4v) is 2.72. The first-order valence-corrected chi connectivity index (χ1v) is 7.08. The molecule has 1 aromatic carbocycles. The number of aromatic nitrogens is 2. The maximum absolute atomic E-state index is 12.1. The van der Waals surface area contributed by atoms with E-state index in [-0.39, 0.29) is 18.4 Å². The Bertz CT molecular complexity index is 575. The van der Waals surface area contributed by atoms with Gasteiger partial charge in [-0.3, -0.25) is 4.79 Å². The van der Waals surface area contributed by atoms with E-state index in [1.165, 1.54) is 0 Å². The third-order valence-corrected chi connectivity index (χ3v) is 3.91. The summed E-state index contributed by atoms with van der Waals surface area (Å²) in [4.78, 5) is 21.7. The molecular formula is C15H19N3O2. The number of amides is 1. The number of aliphatic hydroxyl groups is 1. The quantitative estimate of drug-likeness (QED) is 0.883. The van der Waals surface area contributed by atoms with Gasteiger partial charge in [-0.15, -0.1) is 0 Å². The summed E-state index contributed by atoms with van der Waals surface area (Å²) in [6.07, 6.45) is 2.01. The van der Waals surface area contributed by atoms with E-state index in [0.29, 0.717) is 19.4 Å². The maximum Gasteiger partial charge on any atom is 0.223 e. The summed E-state index contributed by atoms with van der Waals surface area (Å²) in [5.41, 5.74) is 1.95. The van der Waals surface area contributed by atoms with Crippen molar-refractivity contribution in [3.63, 3.8) is 0 Å². The molecule has 20 heavy (non-hydrogen) atoms. The van der Waals surface area contributed by atoms with Gasteiger partial charge >= 0.3 is 0 Å². The van der Waals surface area contributed by atoms with Crippen LogP contribution in [0.15, 0.2) is 24.3 Å². The Morgan fingerprint density at radius 3 is 3.05 bits per heavy atom. The molecule has 0 aliphatic carbocycles. The first kappa shape index (κ1) is 13.1. The van der Waals surface area contributed by atoms with Crippen LogP contribution in [0.4, 0.5) is 0 Å². The van der Waals surface area contributed by atoms with Gasteiger partial charge in [0.15, 0.2) is 0 Å². The molecule has 1 aliphatic rings. The number of benzene rings is 1. The number of H-pyrrole nitrogens is 1. The topological polar surface area (TPSA) is 69.2 Å². The number of imidazole rings is 1. The van der Waals surface area contributed by atoms with Gasteiger partial charge in [0.25, 0.3) is 0 Å². The van der Waals surface area contributed by atoms with Gasteiger partial charge in [-0.2, -0.15) is 0 Å². The zero-order chi connectivity index (χ0) is 13.9. The molecule has 1 aromatic heterocycles. The molecule has 1 fully saturated rings. The second kappa shape index (κ2) is 5.63. The number of carbonyl (C=O) groups excluding carboxylic acids is 1. The number of nitrogens with zero attached hydrogens (tertiary/aromatic N) is 2. The molecule has 0 spiro atoms. The molecule has 2 aromatic rings. The highest BCUT2D eigenvalue weighted by atomic mass is 16.3. The number of para-hydroxylation sites is 2. The number of hydrogen-bond donors (Lipinski definition) is 2. The summed E-state index contributed by atoms with van der Waals surface area (Å²) >= 11 is 0. The molecule has 0 saturated carbocycles. The van der Waals surface area contributed by atoms with Crippen LogP contribution in [0.2, 0.25) is 0 Å². The number of aromatic amines is 1. The van der Waals surface area contributed by atoms with Crippen LogP contribution in [-0.4, -0.2) is 45.6 Å². The zero-order valence-electron chi connectivity index (χ0n) is 11.4. The average Bonchev–Trinajstić information content (AvgIpc) is 3.10. The predicted octanol–water partition coefficient (Wildman–Crippen LogP) is 1.34. The monoisotopic (exact) mass is 273 g/mol. The van der Waals surface area contributed by atoms with Gasteiger partial charge in [0.2, 0.25) is 5.91 Å². The molecule has 5 heteroatoms. The summed E-state index contributed by atoms with van der Waals surface area (Å²) in [5.74, 6) is 1.27. The minimum absolute atomic E-state index is 0.154. The lowest BCUT2D eigenvalue weighted by Gasteiger charge is -2.15. The third kappa shape index (κ3) is 2.67. The molecule has 1 saturated heterocycles. The summed E-state index contributed by atoms with van der Waals surface area (Å²) in [6.45, 7) is 1.63. The van der Waals surface area contributed by atoms with Crippen molar-refractivity contribution in [3.05, 3.63) is 30.1 Å². The number of nitrogens with one attached hydrogen (secondary N) is 1. The van der Waals surface area contributed by atoms with E-state index in [2.05, 4.69) is 9.97 Å². The Morgan fingerprint density at radius 2 is 2.30 bits per heavy atom. The van der Waals surface area contributed by atoms with Gasteiger partial charge in [0, 0.05) is 38.5 Å². The standard InChI is InChI=1S/C15H19N3O2/c19-10-11-7-8-18(9-11)15(20)6-5-14-16-12-3-1-2-4-13(12)17-14/h1-4,11,19H,5-10H2,(H,16,17). The third-order valence-electron chi connectivity index (χ3n) is 3.91. The molecule has 3 rings (SSSR count). The van der Waals surface area contributed by atoms with Crippen LogP contribution in [-0.2, 0) is 11.2 Å². The second-order valence-corrected chi connectivity index (χ2v) is 5.38. The Kier molecular flexibility index (Phi) is 3.69. The zero-order valence-corrected chi connectivity index (χ0v) is 11.4. The van der Waals surface area contributed by atoms with Gasteiger partial charge in [0.05, 0.1) is 11.0 Å². The summed E-state index contributed by atoms with van der Waals surface area (Å²) in [7, 11) is 0. The lowest BCUT2D eigenvalue weighted by molar-refractivity contribution is -0.130. The van der Waals surface area contributed by atoms with Crippen LogP contribution in [0.5, 0.6) is 0 Å². The molecule has 0 bridgehead atoms. The van der Waals surface area contributed by atoms with E-state index >= 15 is 0 Å². The Labute approximate surface area is 117 Å². The van der Waals surface area contributed by atoms with Crippen LogP contribution in [0.3, 0.4) is 0 Å². The summed E-state index contributed by atoms with van der Waals surface area (Å²) < 4.78 is 0. The lowest BCUT2D eigenvalue weighted by Crippen LogP contribution is -2.29. The van der Waals surface area contributed by atoms with E-state index < -0.39 is 0 Å². The highest BCUT2D eigenvalue weighted by Crippen LogP contribution is 2.17. The average molecular weight is 273 g/mol. The first-order chi connectivity index (χ1) is 9.76. The van der Waals surface area contributed by atoms with Crippen molar-refractivity contribution < 1.29 is 9.90 Å². The molecule has 1 amide bonds. The fourth-order valence-electron chi connectivity index (χ4n) is 2.72. The summed E-state index contributed by atoms with van der Waals surface area (Å²) in [6, 6.07) is 7.87. The largest absolute Gasteiger partial charge is 0.396 e. The van der Waals surface area contributed by atoms with Gasteiger partial charge in [-0.05, 0) is 18.6 Å². The van der Waals surface area contributed by atoms with Crippen molar-refractivity contribution in [3.8, 4) is 0 Å². The van der Waals surface area contributed by atoms with E-state index in [9.17, 15) is 4.79 Å². The fraction of sp³-hybridized carbons (Fsp3) is 0.467. The number of hydrogen-bond acceptors (Lipinski definition) is 3. The normalized spacial score (nSPS) is 18.9. The molecule has 2 N–H and O–H groups in total. The van der Waals surface area contributed by atoms with Crippen molar-refractivity contribution in [2.24, 2.45) is 5.92 Å². The van der Waals surface area contributed by atoms with Crippen LogP contribution in [0, 0.1) is 5.92 Å². The van der Waals surface area contributed by atoms with Crippen molar-refractivity contribution in [2.45, 2.75) is 19.3 Å². The molecule has 106 valence electrons. The second-order valence-electron chi connectivity index (χ2n) is 5.38. The molecule has 1 unspecified atom stereocenters. The SMILES string of the molecule is O=C(CCc1nc2ccccc2[nH]1)N1CCC(CO)C1. The Morgan fingerprint density at radius 1 is 1.45 bits per heavy atom. The molecule has 1 aliphatic heterocycles. The Balaban J connectivity index is 1.57. The van der Waals surface area contributed by atoms with Crippen molar-refractivity contribution in [2.75, 3.05) is 19.7 Å². The van der Waals surface area contributed by atoms with Gasteiger partial charge in [0.1, 0.15) is 5.82 Å².